The number of rotatable bonds is 1. The van der Waals surface area contributed by atoms with E-state index < -0.39 is 12.1 Å². The van der Waals surface area contributed by atoms with E-state index in [1.807, 2.05) is 6.07 Å². The van der Waals surface area contributed by atoms with Crippen LogP contribution in [0.3, 0.4) is 0 Å². The zero-order chi connectivity index (χ0) is 11.7. The lowest BCUT2D eigenvalue weighted by atomic mass is 10.1. The molecule has 2 N–H and O–H groups in total. The molecule has 1 aliphatic heterocycles. The maximum absolute atomic E-state index is 10.9. The maximum atomic E-state index is 10.9. The Morgan fingerprint density at radius 2 is 2.38 bits per heavy atom. The monoisotopic (exact) mass is 218 g/mol. The van der Waals surface area contributed by atoms with Gasteiger partial charge in [-0.3, -0.25) is 0 Å². The minimum atomic E-state index is -1.00. The summed E-state index contributed by atoms with van der Waals surface area (Å²) in [6.07, 6.45) is -0.902. The van der Waals surface area contributed by atoms with Crippen molar-refractivity contribution < 1.29 is 14.6 Å². The highest BCUT2D eigenvalue weighted by Crippen LogP contribution is 2.32. The predicted octanol–water partition coefficient (Wildman–Crippen LogP) is 1.20. The van der Waals surface area contributed by atoms with Crippen molar-refractivity contribution in [2.75, 3.05) is 5.32 Å². The normalized spacial score (nSPS) is 22.2. The van der Waals surface area contributed by atoms with E-state index in [2.05, 4.69) is 5.32 Å². The molecule has 0 radical (unpaired) electrons. The molecule has 0 spiro atoms. The van der Waals surface area contributed by atoms with Gasteiger partial charge >= 0.3 is 5.97 Å². The van der Waals surface area contributed by atoms with Crippen molar-refractivity contribution in [3.05, 3.63) is 23.8 Å². The van der Waals surface area contributed by atoms with Crippen LogP contribution in [-0.4, -0.2) is 23.2 Å². The van der Waals surface area contributed by atoms with Crippen LogP contribution in [-0.2, 0) is 4.79 Å². The van der Waals surface area contributed by atoms with Gasteiger partial charge in [0.25, 0.3) is 0 Å². The third-order valence-electron chi connectivity index (χ3n) is 2.44. The maximum Gasteiger partial charge on any atom is 0.347 e. The Labute approximate surface area is 92.3 Å². The van der Waals surface area contributed by atoms with Crippen LogP contribution in [0.4, 0.5) is 5.69 Å². The molecule has 0 aromatic heterocycles. The van der Waals surface area contributed by atoms with E-state index in [-0.39, 0.29) is 6.04 Å². The van der Waals surface area contributed by atoms with E-state index in [0.29, 0.717) is 17.0 Å². The molecule has 82 valence electrons. The summed E-state index contributed by atoms with van der Waals surface area (Å²) in [6.45, 7) is 1.72. The first-order valence-corrected chi connectivity index (χ1v) is 4.82. The Morgan fingerprint density at radius 1 is 1.62 bits per heavy atom. The number of nitrogens with one attached hydrogen (secondary N) is 1. The lowest BCUT2D eigenvalue weighted by molar-refractivity contribution is -0.145. The molecule has 2 rings (SSSR count). The van der Waals surface area contributed by atoms with Gasteiger partial charge in [-0.1, -0.05) is 0 Å². The van der Waals surface area contributed by atoms with E-state index in [0.717, 1.165) is 0 Å². The zero-order valence-electron chi connectivity index (χ0n) is 8.60. The van der Waals surface area contributed by atoms with Crippen LogP contribution >= 0.6 is 0 Å². The van der Waals surface area contributed by atoms with E-state index >= 15 is 0 Å². The van der Waals surface area contributed by atoms with Crippen LogP contribution in [0.1, 0.15) is 12.5 Å². The number of benzene rings is 1. The van der Waals surface area contributed by atoms with Crippen LogP contribution in [0.5, 0.6) is 5.75 Å². The second-order valence-electron chi connectivity index (χ2n) is 3.63. The SMILES string of the molecule is CC1Nc2cc(C#N)ccc2OC1C(=O)O. The number of ether oxygens (including phenoxy) is 1. The molecule has 16 heavy (non-hydrogen) atoms. The summed E-state index contributed by atoms with van der Waals surface area (Å²) in [5.74, 6) is -0.542. The van der Waals surface area contributed by atoms with Gasteiger partial charge in [0, 0.05) is 0 Å². The number of hydrogen-bond acceptors (Lipinski definition) is 4. The number of carboxylic acids is 1. The summed E-state index contributed by atoms with van der Waals surface area (Å²) in [4.78, 5) is 10.9. The fourth-order valence-electron chi connectivity index (χ4n) is 1.64. The van der Waals surface area contributed by atoms with Crippen molar-refractivity contribution in [3.8, 4) is 11.8 Å². The van der Waals surface area contributed by atoms with Crippen molar-refractivity contribution in [3.63, 3.8) is 0 Å². The molecule has 1 aromatic rings. The third kappa shape index (κ3) is 1.65. The van der Waals surface area contributed by atoms with Gasteiger partial charge in [0.1, 0.15) is 5.75 Å². The molecule has 2 atom stereocenters. The highest BCUT2D eigenvalue weighted by Gasteiger charge is 2.31. The summed E-state index contributed by atoms with van der Waals surface area (Å²) in [7, 11) is 0. The first-order chi connectivity index (χ1) is 7.61. The molecule has 0 fully saturated rings. The second kappa shape index (κ2) is 3.74. The standard InChI is InChI=1S/C11H10N2O3/c1-6-10(11(14)15)16-9-3-2-7(5-12)4-8(9)13-6/h2-4,6,10,13H,1H3,(H,14,15). The lowest BCUT2D eigenvalue weighted by Crippen LogP contribution is -2.44. The fraction of sp³-hybridized carbons (Fsp3) is 0.273. The summed E-state index contributed by atoms with van der Waals surface area (Å²) >= 11 is 0. The molecule has 0 saturated carbocycles. The van der Waals surface area contributed by atoms with Gasteiger partial charge < -0.3 is 15.2 Å². The van der Waals surface area contributed by atoms with Gasteiger partial charge in [-0.25, -0.2) is 4.79 Å². The molecule has 1 aliphatic rings. The second-order valence-corrected chi connectivity index (χ2v) is 3.63. The van der Waals surface area contributed by atoms with Gasteiger partial charge in [-0.05, 0) is 25.1 Å². The lowest BCUT2D eigenvalue weighted by Gasteiger charge is -2.30. The van der Waals surface area contributed by atoms with Gasteiger partial charge in [0.15, 0.2) is 0 Å². The molecule has 5 heteroatoms. The first kappa shape index (κ1) is 10.3. The van der Waals surface area contributed by atoms with E-state index in [4.69, 9.17) is 15.1 Å². The fourth-order valence-corrected chi connectivity index (χ4v) is 1.64. The molecule has 0 saturated heterocycles. The minimum absolute atomic E-state index is 0.334. The number of fused-ring (bicyclic) bond motifs is 1. The Balaban J connectivity index is 2.35. The quantitative estimate of drug-likeness (QED) is 0.740. The van der Waals surface area contributed by atoms with E-state index in [9.17, 15) is 4.79 Å². The number of carbonyl (C=O) groups is 1. The average molecular weight is 218 g/mol. The van der Waals surface area contributed by atoms with Gasteiger partial charge in [0.2, 0.25) is 6.10 Å². The van der Waals surface area contributed by atoms with Crippen LogP contribution in [0, 0.1) is 11.3 Å². The molecular formula is C11H10N2O3. The molecule has 1 heterocycles. The van der Waals surface area contributed by atoms with Gasteiger partial charge in [-0.15, -0.1) is 0 Å². The van der Waals surface area contributed by atoms with E-state index in [1.54, 1.807) is 25.1 Å². The van der Waals surface area contributed by atoms with Crippen molar-refractivity contribution in [1.82, 2.24) is 0 Å². The van der Waals surface area contributed by atoms with Crippen LogP contribution in [0.15, 0.2) is 18.2 Å². The summed E-state index contributed by atoms with van der Waals surface area (Å²) in [5.41, 5.74) is 1.17. The number of nitrogens with zero attached hydrogens (tertiary/aromatic N) is 1. The molecule has 0 amide bonds. The molecule has 5 nitrogen and oxygen atoms in total. The third-order valence-corrected chi connectivity index (χ3v) is 2.44. The Kier molecular flexibility index (Phi) is 2.41. The summed E-state index contributed by atoms with van der Waals surface area (Å²) in [5, 5.41) is 20.7. The van der Waals surface area contributed by atoms with Crippen molar-refractivity contribution >= 4 is 11.7 Å². The topological polar surface area (TPSA) is 82.3 Å². The summed E-state index contributed by atoms with van der Waals surface area (Å²) in [6, 6.07) is 6.52. The van der Waals surface area contributed by atoms with Gasteiger partial charge in [-0.2, -0.15) is 5.26 Å². The minimum Gasteiger partial charge on any atom is -0.478 e. The van der Waals surface area contributed by atoms with Crippen molar-refractivity contribution in [1.29, 1.82) is 5.26 Å². The molecule has 2 unspecified atom stereocenters. The average Bonchev–Trinajstić information content (AvgIpc) is 2.27. The van der Waals surface area contributed by atoms with Gasteiger partial charge in [0.05, 0.1) is 23.4 Å². The molecule has 0 aliphatic carbocycles. The molecular weight excluding hydrogens is 208 g/mol. The molecule has 1 aromatic carbocycles. The van der Waals surface area contributed by atoms with E-state index in [1.165, 1.54) is 0 Å². The summed E-state index contributed by atoms with van der Waals surface area (Å²) < 4.78 is 5.33. The molecule has 0 bridgehead atoms. The zero-order valence-corrected chi connectivity index (χ0v) is 8.60. The smallest absolute Gasteiger partial charge is 0.347 e. The Bertz CT molecular complexity index is 479. The number of aliphatic carboxylic acids is 1. The number of carboxylic acid groups (broad SMARTS) is 1. The van der Waals surface area contributed by atoms with Crippen LogP contribution < -0.4 is 10.1 Å². The predicted molar refractivity (Wildman–Crippen MR) is 56.3 cm³/mol. The number of nitriles is 1. The number of hydrogen-bond donors (Lipinski definition) is 2. The van der Waals surface area contributed by atoms with Crippen LogP contribution in [0.25, 0.3) is 0 Å². The Hall–Kier alpha value is -2.22. The number of anilines is 1. The Morgan fingerprint density at radius 3 is 3.00 bits per heavy atom. The highest BCUT2D eigenvalue weighted by atomic mass is 16.5. The highest BCUT2D eigenvalue weighted by molar-refractivity contribution is 5.77. The van der Waals surface area contributed by atoms with Crippen molar-refractivity contribution in [2.24, 2.45) is 0 Å². The largest absolute Gasteiger partial charge is 0.478 e. The van der Waals surface area contributed by atoms with Crippen molar-refractivity contribution in [2.45, 2.75) is 19.1 Å². The van der Waals surface area contributed by atoms with Crippen LogP contribution in [0.2, 0.25) is 0 Å². The first-order valence-electron chi connectivity index (χ1n) is 4.82.